The molecule has 0 aliphatic carbocycles. The molecule has 0 radical (unpaired) electrons. The van der Waals surface area contributed by atoms with Crippen LogP contribution in [0.4, 0.5) is 0 Å². The van der Waals surface area contributed by atoms with Crippen molar-refractivity contribution in [3.05, 3.63) is 64.7 Å². The van der Waals surface area contributed by atoms with Gasteiger partial charge in [0.15, 0.2) is 5.76 Å². The van der Waals surface area contributed by atoms with E-state index in [-0.39, 0.29) is 5.78 Å². The molecule has 0 N–H and O–H groups in total. The number of fused-ring (bicyclic) bond motifs is 1. The number of furan rings is 1. The number of aromatic nitrogens is 1. The summed E-state index contributed by atoms with van der Waals surface area (Å²) in [6.45, 7) is 5.86. The van der Waals surface area contributed by atoms with Crippen molar-refractivity contribution in [1.82, 2.24) is 4.98 Å². The Hall–Kier alpha value is -2.42. The van der Waals surface area contributed by atoms with Crippen LogP contribution in [-0.2, 0) is 0 Å². The zero-order valence-electron chi connectivity index (χ0n) is 11.7. The maximum Gasteiger partial charge on any atom is 0.246 e. The van der Waals surface area contributed by atoms with Gasteiger partial charge in [0.2, 0.25) is 5.78 Å². The molecule has 0 fully saturated rings. The van der Waals surface area contributed by atoms with Crippen LogP contribution in [0.1, 0.15) is 32.9 Å². The van der Waals surface area contributed by atoms with Crippen LogP contribution in [0.25, 0.3) is 11.0 Å². The second-order valence-corrected chi connectivity index (χ2v) is 5.16. The van der Waals surface area contributed by atoms with Crippen LogP contribution in [-0.4, -0.2) is 10.8 Å². The lowest BCUT2D eigenvalue weighted by Gasteiger charge is -2.02. The fourth-order valence-electron chi connectivity index (χ4n) is 2.34. The normalized spacial score (nSPS) is 10.9. The number of pyridine rings is 1. The lowest BCUT2D eigenvalue weighted by atomic mass is 10.1. The molecule has 100 valence electrons. The van der Waals surface area contributed by atoms with E-state index in [0.717, 1.165) is 27.7 Å². The fraction of sp³-hybridized carbons (Fsp3) is 0.176. The van der Waals surface area contributed by atoms with E-state index in [9.17, 15) is 4.79 Å². The summed E-state index contributed by atoms with van der Waals surface area (Å²) in [7, 11) is 0. The van der Waals surface area contributed by atoms with Gasteiger partial charge in [-0.1, -0.05) is 17.7 Å². The first-order chi connectivity index (χ1) is 9.54. The summed E-state index contributed by atoms with van der Waals surface area (Å²) in [5.74, 6) is 0.168. The molecule has 2 heterocycles. The third kappa shape index (κ3) is 2.11. The molecule has 0 saturated carbocycles. The van der Waals surface area contributed by atoms with Gasteiger partial charge in [0.25, 0.3) is 0 Å². The molecule has 3 rings (SSSR count). The zero-order chi connectivity index (χ0) is 14.3. The minimum atomic E-state index is -0.170. The van der Waals surface area contributed by atoms with Gasteiger partial charge < -0.3 is 4.42 Å². The molecule has 0 amide bonds. The van der Waals surface area contributed by atoms with Crippen molar-refractivity contribution in [3.63, 3.8) is 0 Å². The van der Waals surface area contributed by atoms with Gasteiger partial charge in [-0.15, -0.1) is 0 Å². The van der Waals surface area contributed by atoms with Crippen LogP contribution in [0.15, 0.2) is 40.9 Å². The standard InChI is InChI=1S/C17H15NO2/c1-10-4-5-14-13(7-10)8-15(20-14)17(19)16-12(3)6-11(2)9-18-16/h4-9H,1-3H3. The molecule has 0 unspecified atom stereocenters. The van der Waals surface area contributed by atoms with Gasteiger partial charge in [-0.3, -0.25) is 9.78 Å². The van der Waals surface area contributed by atoms with E-state index in [4.69, 9.17) is 4.42 Å². The van der Waals surface area contributed by atoms with E-state index < -0.39 is 0 Å². The van der Waals surface area contributed by atoms with Crippen molar-refractivity contribution in [2.45, 2.75) is 20.8 Å². The molecule has 0 aliphatic heterocycles. The number of carbonyl (C=O) groups is 1. The Balaban J connectivity index is 2.08. The molecule has 0 atom stereocenters. The highest BCUT2D eigenvalue weighted by Gasteiger charge is 2.18. The number of benzene rings is 1. The SMILES string of the molecule is Cc1cnc(C(=O)c2cc3cc(C)ccc3o2)c(C)c1. The molecule has 2 aromatic heterocycles. The highest BCUT2D eigenvalue weighted by molar-refractivity contribution is 6.08. The summed E-state index contributed by atoms with van der Waals surface area (Å²) >= 11 is 0. The van der Waals surface area contributed by atoms with E-state index in [1.165, 1.54) is 0 Å². The van der Waals surface area contributed by atoms with Gasteiger partial charge in [-0.2, -0.15) is 0 Å². The molecule has 0 spiro atoms. The number of hydrogen-bond acceptors (Lipinski definition) is 3. The summed E-state index contributed by atoms with van der Waals surface area (Å²) in [5.41, 5.74) is 4.22. The Morgan fingerprint density at radius 3 is 2.60 bits per heavy atom. The number of carbonyl (C=O) groups excluding carboxylic acids is 1. The van der Waals surface area contributed by atoms with Crippen LogP contribution >= 0.6 is 0 Å². The fourth-order valence-corrected chi connectivity index (χ4v) is 2.34. The molecular formula is C17H15NO2. The van der Waals surface area contributed by atoms with Gasteiger partial charge in [0.1, 0.15) is 11.3 Å². The minimum Gasteiger partial charge on any atom is -0.453 e. The monoisotopic (exact) mass is 265 g/mol. The van der Waals surface area contributed by atoms with Crippen LogP contribution < -0.4 is 0 Å². The molecule has 1 aromatic carbocycles. The first-order valence-electron chi connectivity index (χ1n) is 6.53. The van der Waals surface area contributed by atoms with Gasteiger partial charge >= 0.3 is 0 Å². The molecule has 3 heteroatoms. The summed E-state index contributed by atoms with van der Waals surface area (Å²) in [6, 6.07) is 9.59. The first kappa shape index (κ1) is 12.6. The zero-order valence-corrected chi connectivity index (χ0v) is 11.7. The van der Waals surface area contributed by atoms with Crippen molar-refractivity contribution in [2.24, 2.45) is 0 Å². The predicted octanol–water partition coefficient (Wildman–Crippen LogP) is 3.98. The molecule has 3 aromatic rings. The Kier molecular flexibility index (Phi) is 2.90. The van der Waals surface area contributed by atoms with Crippen LogP contribution in [0.2, 0.25) is 0 Å². The summed E-state index contributed by atoms with van der Waals surface area (Å²) in [4.78, 5) is 16.7. The van der Waals surface area contributed by atoms with Crippen molar-refractivity contribution in [1.29, 1.82) is 0 Å². The second-order valence-electron chi connectivity index (χ2n) is 5.16. The van der Waals surface area contributed by atoms with E-state index in [1.54, 1.807) is 12.3 Å². The smallest absolute Gasteiger partial charge is 0.246 e. The van der Waals surface area contributed by atoms with Crippen molar-refractivity contribution in [2.75, 3.05) is 0 Å². The van der Waals surface area contributed by atoms with Crippen LogP contribution in [0, 0.1) is 20.8 Å². The van der Waals surface area contributed by atoms with Gasteiger partial charge in [0.05, 0.1) is 0 Å². The Bertz CT molecular complexity index is 815. The summed E-state index contributed by atoms with van der Waals surface area (Å²) in [5, 5.41) is 0.943. The topological polar surface area (TPSA) is 43.1 Å². The molecule has 0 bridgehead atoms. The van der Waals surface area contributed by atoms with E-state index in [2.05, 4.69) is 4.98 Å². The van der Waals surface area contributed by atoms with E-state index in [1.807, 2.05) is 45.0 Å². The first-order valence-corrected chi connectivity index (χ1v) is 6.53. The Morgan fingerprint density at radius 1 is 1.05 bits per heavy atom. The molecular weight excluding hydrogens is 250 g/mol. The maximum atomic E-state index is 12.5. The van der Waals surface area contributed by atoms with Crippen molar-refractivity contribution in [3.8, 4) is 0 Å². The quantitative estimate of drug-likeness (QED) is 0.658. The summed E-state index contributed by atoms with van der Waals surface area (Å²) < 4.78 is 5.63. The van der Waals surface area contributed by atoms with Crippen LogP contribution in [0.5, 0.6) is 0 Å². The molecule has 20 heavy (non-hydrogen) atoms. The molecule has 3 nitrogen and oxygen atoms in total. The highest BCUT2D eigenvalue weighted by atomic mass is 16.3. The lowest BCUT2D eigenvalue weighted by molar-refractivity contribution is 0.101. The Labute approximate surface area is 117 Å². The number of rotatable bonds is 2. The number of hydrogen-bond donors (Lipinski definition) is 0. The second kappa shape index (κ2) is 4.60. The lowest BCUT2D eigenvalue weighted by Crippen LogP contribution is -2.05. The number of aryl methyl sites for hydroxylation is 3. The Morgan fingerprint density at radius 2 is 1.85 bits per heavy atom. The number of nitrogens with zero attached hydrogens (tertiary/aromatic N) is 1. The van der Waals surface area contributed by atoms with Crippen molar-refractivity contribution >= 4 is 16.8 Å². The average molecular weight is 265 g/mol. The third-order valence-corrected chi connectivity index (χ3v) is 3.33. The predicted molar refractivity (Wildman–Crippen MR) is 78.1 cm³/mol. The number of ketones is 1. The van der Waals surface area contributed by atoms with Gasteiger partial charge in [-0.25, -0.2) is 0 Å². The molecule has 0 saturated heterocycles. The average Bonchev–Trinajstić information content (AvgIpc) is 2.81. The highest BCUT2D eigenvalue weighted by Crippen LogP contribution is 2.23. The van der Waals surface area contributed by atoms with E-state index in [0.29, 0.717) is 11.5 Å². The van der Waals surface area contributed by atoms with Crippen LogP contribution in [0.3, 0.4) is 0 Å². The van der Waals surface area contributed by atoms with E-state index >= 15 is 0 Å². The maximum absolute atomic E-state index is 12.5. The van der Waals surface area contributed by atoms with Gasteiger partial charge in [-0.05, 0) is 50.1 Å². The summed E-state index contributed by atoms with van der Waals surface area (Å²) in [6.07, 6.45) is 1.70. The molecule has 0 aliphatic rings. The third-order valence-electron chi connectivity index (χ3n) is 3.33. The minimum absolute atomic E-state index is 0.170. The van der Waals surface area contributed by atoms with Gasteiger partial charge in [0, 0.05) is 11.6 Å². The van der Waals surface area contributed by atoms with Crippen molar-refractivity contribution < 1.29 is 9.21 Å². The largest absolute Gasteiger partial charge is 0.453 e.